The highest BCUT2D eigenvalue weighted by molar-refractivity contribution is 8.18. The number of carbonyl (C=O) groups is 1. The van der Waals surface area contributed by atoms with Gasteiger partial charge in [0.2, 0.25) is 5.13 Å². The number of aromatic nitrogens is 2. The maximum atomic E-state index is 12.5. The summed E-state index contributed by atoms with van der Waals surface area (Å²) in [5.74, 6) is -0.0571. The van der Waals surface area contributed by atoms with E-state index in [2.05, 4.69) is 21.8 Å². The molecule has 5 nitrogen and oxygen atoms in total. The van der Waals surface area contributed by atoms with Crippen molar-refractivity contribution in [2.24, 2.45) is 4.99 Å². The van der Waals surface area contributed by atoms with Crippen molar-refractivity contribution >= 4 is 56.7 Å². The van der Waals surface area contributed by atoms with Gasteiger partial charge in [-0.25, -0.2) is 0 Å². The first kappa shape index (κ1) is 15.1. The summed E-state index contributed by atoms with van der Waals surface area (Å²) in [6.45, 7) is 6.00. The number of aliphatic imine (C=N–C) groups is 1. The van der Waals surface area contributed by atoms with Crippen molar-refractivity contribution in [3.05, 3.63) is 45.0 Å². The van der Waals surface area contributed by atoms with E-state index in [0.29, 0.717) is 21.7 Å². The van der Waals surface area contributed by atoms with E-state index in [0.717, 1.165) is 9.88 Å². The first-order valence-corrected chi connectivity index (χ1v) is 8.93. The lowest BCUT2D eigenvalue weighted by atomic mass is 10.3. The van der Waals surface area contributed by atoms with Gasteiger partial charge in [0.05, 0.1) is 4.91 Å². The molecule has 1 fully saturated rings. The third-order valence-corrected chi connectivity index (χ3v) is 5.28. The maximum absolute atomic E-state index is 12.5. The molecule has 0 atom stereocenters. The number of rotatable bonds is 4. The van der Waals surface area contributed by atoms with E-state index in [4.69, 9.17) is 0 Å². The van der Waals surface area contributed by atoms with Crippen molar-refractivity contribution in [3.63, 3.8) is 0 Å². The van der Waals surface area contributed by atoms with E-state index >= 15 is 0 Å². The molecular weight excluding hydrogens is 336 g/mol. The van der Waals surface area contributed by atoms with Crippen molar-refractivity contribution in [2.45, 2.75) is 6.92 Å². The molecule has 0 radical (unpaired) electrons. The molecule has 0 N–H and O–H groups in total. The predicted octanol–water partition coefficient (Wildman–Crippen LogP) is 3.70. The summed E-state index contributed by atoms with van der Waals surface area (Å²) in [6.07, 6.45) is 3.58. The molecule has 1 aliphatic rings. The molecule has 0 unspecified atom stereocenters. The number of hydrogen-bond donors (Lipinski definition) is 0. The van der Waals surface area contributed by atoms with Gasteiger partial charge in [-0.3, -0.25) is 9.69 Å². The summed E-state index contributed by atoms with van der Waals surface area (Å²) in [4.78, 5) is 20.3. The Morgan fingerprint density at radius 2 is 2.32 bits per heavy atom. The molecule has 1 saturated heterocycles. The van der Waals surface area contributed by atoms with Crippen molar-refractivity contribution in [2.75, 3.05) is 6.54 Å². The molecule has 112 valence electrons. The Labute approximate surface area is 140 Å². The second kappa shape index (κ2) is 6.55. The van der Waals surface area contributed by atoms with Gasteiger partial charge >= 0.3 is 0 Å². The van der Waals surface area contributed by atoms with Crippen molar-refractivity contribution < 1.29 is 4.79 Å². The minimum Gasteiger partial charge on any atom is -0.282 e. The zero-order chi connectivity index (χ0) is 15.5. The lowest BCUT2D eigenvalue weighted by Crippen LogP contribution is -2.29. The van der Waals surface area contributed by atoms with E-state index in [-0.39, 0.29) is 5.91 Å². The number of thioether (sulfide) groups is 1. The Morgan fingerprint density at radius 1 is 1.45 bits per heavy atom. The highest BCUT2D eigenvalue weighted by Gasteiger charge is 2.32. The maximum Gasteiger partial charge on any atom is 0.267 e. The second-order valence-corrected chi connectivity index (χ2v) is 7.48. The van der Waals surface area contributed by atoms with Gasteiger partial charge in [0.15, 0.2) is 5.17 Å². The van der Waals surface area contributed by atoms with Gasteiger partial charge in [-0.05, 0) is 36.2 Å². The van der Waals surface area contributed by atoms with E-state index in [1.165, 1.54) is 23.1 Å². The van der Waals surface area contributed by atoms with Gasteiger partial charge in [-0.1, -0.05) is 23.5 Å². The van der Waals surface area contributed by atoms with Crippen LogP contribution in [-0.2, 0) is 4.79 Å². The van der Waals surface area contributed by atoms with Crippen molar-refractivity contribution in [1.82, 2.24) is 15.1 Å². The zero-order valence-electron chi connectivity index (χ0n) is 11.7. The summed E-state index contributed by atoms with van der Waals surface area (Å²) >= 11 is 4.35. The molecule has 0 bridgehead atoms. The third kappa shape index (κ3) is 3.18. The molecule has 0 aromatic carbocycles. The minimum absolute atomic E-state index is 0.0571. The van der Waals surface area contributed by atoms with E-state index < -0.39 is 0 Å². The Bertz CT molecular complexity index is 761. The van der Waals surface area contributed by atoms with Crippen LogP contribution in [0.3, 0.4) is 0 Å². The van der Waals surface area contributed by atoms with Crippen LogP contribution < -0.4 is 0 Å². The van der Waals surface area contributed by atoms with Crippen LogP contribution in [0.25, 0.3) is 6.08 Å². The average Bonchev–Trinajstić information content (AvgIpc) is 3.19. The summed E-state index contributed by atoms with van der Waals surface area (Å²) in [7, 11) is 0. The Kier molecular flexibility index (Phi) is 4.51. The first-order chi connectivity index (χ1) is 10.7. The number of nitrogens with zero attached hydrogens (tertiary/aromatic N) is 4. The summed E-state index contributed by atoms with van der Waals surface area (Å²) in [5, 5.41) is 11.9. The summed E-state index contributed by atoms with van der Waals surface area (Å²) < 4.78 is 0. The minimum atomic E-state index is -0.0571. The van der Waals surface area contributed by atoms with Crippen LogP contribution in [-0.4, -0.2) is 32.7 Å². The number of hydrogen-bond acceptors (Lipinski definition) is 7. The van der Waals surface area contributed by atoms with Crippen LogP contribution in [0.15, 0.2) is 40.1 Å². The van der Waals surface area contributed by atoms with Crippen LogP contribution in [0.2, 0.25) is 0 Å². The molecule has 8 heteroatoms. The largest absolute Gasteiger partial charge is 0.282 e. The Hall–Kier alpha value is -1.77. The van der Waals surface area contributed by atoms with E-state index in [9.17, 15) is 4.79 Å². The van der Waals surface area contributed by atoms with Crippen LogP contribution >= 0.6 is 34.4 Å². The normalized spacial score (nSPS) is 18.6. The SMILES string of the molecule is C=CCN1C(=O)/C(=C/c2cccs2)S/C1=N/c1nnc(C)s1. The molecule has 1 aliphatic heterocycles. The van der Waals surface area contributed by atoms with Gasteiger partial charge in [0.25, 0.3) is 5.91 Å². The fourth-order valence-corrected chi connectivity index (χ4v) is 4.13. The number of aryl methyl sites for hydroxylation is 1. The van der Waals surface area contributed by atoms with Crippen molar-refractivity contribution in [3.8, 4) is 0 Å². The first-order valence-electron chi connectivity index (χ1n) is 6.42. The molecule has 1 amide bonds. The number of amides is 1. The molecule has 0 aliphatic carbocycles. The van der Waals surface area contributed by atoms with Crippen LogP contribution in [0.1, 0.15) is 9.88 Å². The average molecular weight is 348 g/mol. The molecular formula is C14H12N4OS3. The van der Waals surface area contributed by atoms with Crippen LogP contribution in [0.5, 0.6) is 0 Å². The number of thiophene rings is 1. The smallest absolute Gasteiger partial charge is 0.267 e. The van der Waals surface area contributed by atoms with E-state index in [1.54, 1.807) is 22.3 Å². The second-order valence-electron chi connectivity index (χ2n) is 4.33. The molecule has 3 rings (SSSR count). The monoisotopic (exact) mass is 348 g/mol. The zero-order valence-corrected chi connectivity index (χ0v) is 14.2. The predicted molar refractivity (Wildman–Crippen MR) is 93.5 cm³/mol. The molecule has 2 aromatic heterocycles. The lowest BCUT2D eigenvalue weighted by molar-refractivity contribution is -0.121. The quantitative estimate of drug-likeness (QED) is 0.624. The van der Waals surface area contributed by atoms with Gasteiger partial charge in [-0.15, -0.1) is 28.1 Å². The van der Waals surface area contributed by atoms with Gasteiger partial charge in [0.1, 0.15) is 5.01 Å². The summed E-state index contributed by atoms with van der Waals surface area (Å²) in [6, 6.07) is 3.94. The lowest BCUT2D eigenvalue weighted by Gasteiger charge is -2.11. The fraction of sp³-hybridized carbons (Fsp3) is 0.143. The fourth-order valence-electron chi connectivity index (χ4n) is 1.80. The highest BCUT2D eigenvalue weighted by Crippen LogP contribution is 2.35. The summed E-state index contributed by atoms with van der Waals surface area (Å²) in [5.41, 5.74) is 0. The van der Waals surface area contributed by atoms with Crippen molar-refractivity contribution in [1.29, 1.82) is 0 Å². The van der Waals surface area contributed by atoms with E-state index in [1.807, 2.05) is 30.5 Å². The molecule has 3 heterocycles. The van der Waals surface area contributed by atoms with Crippen LogP contribution in [0.4, 0.5) is 5.13 Å². The van der Waals surface area contributed by atoms with Gasteiger partial charge in [0, 0.05) is 11.4 Å². The Balaban J connectivity index is 1.93. The van der Waals surface area contributed by atoms with Gasteiger partial charge < -0.3 is 0 Å². The standard InChI is InChI=1S/C14H12N4OS3/c1-3-6-18-12(19)11(8-10-5-4-7-20-10)22-14(18)15-13-17-16-9(2)21-13/h3-5,7-8H,1,6H2,2H3/b11-8-,15-14+. The van der Waals surface area contributed by atoms with Crippen LogP contribution in [0, 0.1) is 6.92 Å². The van der Waals surface area contributed by atoms with Gasteiger partial charge in [-0.2, -0.15) is 4.99 Å². The number of carbonyl (C=O) groups excluding carboxylic acids is 1. The molecule has 0 saturated carbocycles. The molecule has 2 aromatic rings. The third-order valence-electron chi connectivity index (χ3n) is 2.72. The highest BCUT2D eigenvalue weighted by atomic mass is 32.2. The topological polar surface area (TPSA) is 58.5 Å². The molecule has 0 spiro atoms. The number of amidine groups is 1. The Morgan fingerprint density at radius 3 is 2.95 bits per heavy atom. The molecule has 22 heavy (non-hydrogen) atoms.